The summed E-state index contributed by atoms with van der Waals surface area (Å²) in [7, 11) is 0. The number of aromatic nitrogens is 2. The van der Waals surface area contributed by atoms with Gasteiger partial charge >= 0.3 is 6.18 Å². The van der Waals surface area contributed by atoms with Gasteiger partial charge in [0.2, 0.25) is 0 Å². The Hall–Kier alpha value is -2.38. The highest BCUT2D eigenvalue weighted by Crippen LogP contribution is 2.33. The highest BCUT2D eigenvalue weighted by molar-refractivity contribution is 5.95. The minimum Gasteiger partial charge on any atom is -0.338 e. The highest BCUT2D eigenvalue weighted by atomic mass is 19.4. The Labute approximate surface area is 142 Å². The van der Waals surface area contributed by atoms with Crippen LogP contribution in [0.3, 0.4) is 0 Å². The molecule has 0 radical (unpaired) electrons. The van der Waals surface area contributed by atoms with E-state index in [0.717, 1.165) is 0 Å². The lowest BCUT2D eigenvalue weighted by Crippen LogP contribution is -2.44. The molecular formula is C17H17F4N3O. The average molecular weight is 355 g/mol. The minimum absolute atomic E-state index is 0.0428. The molecule has 0 unspecified atom stereocenters. The second-order valence-electron chi connectivity index (χ2n) is 6.16. The first-order valence-corrected chi connectivity index (χ1v) is 7.94. The molecule has 2 aromatic rings. The monoisotopic (exact) mass is 355 g/mol. The minimum atomic E-state index is -4.30. The van der Waals surface area contributed by atoms with Crippen LogP contribution in [0.4, 0.5) is 17.6 Å². The van der Waals surface area contributed by atoms with Gasteiger partial charge in [-0.1, -0.05) is 0 Å². The number of hydrogen-bond donors (Lipinski definition) is 0. The first kappa shape index (κ1) is 17.4. The van der Waals surface area contributed by atoms with Crippen molar-refractivity contribution in [2.24, 2.45) is 5.92 Å². The van der Waals surface area contributed by atoms with Crippen LogP contribution < -0.4 is 0 Å². The summed E-state index contributed by atoms with van der Waals surface area (Å²) in [5.74, 6) is -2.34. The summed E-state index contributed by atoms with van der Waals surface area (Å²) in [6.07, 6.45) is -2.59. The first-order chi connectivity index (χ1) is 11.8. The largest absolute Gasteiger partial charge is 0.393 e. The van der Waals surface area contributed by atoms with Crippen LogP contribution in [0.5, 0.6) is 0 Å². The first-order valence-electron chi connectivity index (χ1n) is 7.94. The summed E-state index contributed by atoms with van der Waals surface area (Å²) in [5, 5.41) is 4.12. The number of likely N-dealkylation sites (tertiary alicyclic amines) is 1. The molecule has 25 heavy (non-hydrogen) atoms. The Balaban J connectivity index is 1.82. The second-order valence-corrected chi connectivity index (χ2v) is 6.16. The summed E-state index contributed by atoms with van der Waals surface area (Å²) in [4.78, 5) is 13.9. The number of halogens is 4. The zero-order valence-corrected chi connectivity index (χ0v) is 13.6. The molecule has 1 saturated heterocycles. The van der Waals surface area contributed by atoms with Crippen LogP contribution in [0.25, 0.3) is 5.69 Å². The molecular weight excluding hydrogens is 338 g/mol. The molecule has 0 spiro atoms. The zero-order chi connectivity index (χ0) is 18.2. The lowest BCUT2D eigenvalue weighted by Gasteiger charge is -2.33. The van der Waals surface area contributed by atoms with Gasteiger partial charge in [0.25, 0.3) is 5.91 Å². The van der Waals surface area contributed by atoms with Crippen molar-refractivity contribution in [1.82, 2.24) is 14.7 Å². The Morgan fingerprint density at radius 2 is 1.92 bits per heavy atom. The summed E-state index contributed by atoms with van der Waals surface area (Å²) < 4.78 is 53.3. The molecule has 0 saturated carbocycles. The third kappa shape index (κ3) is 3.52. The van der Waals surface area contributed by atoms with E-state index >= 15 is 0 Å². The Morgan fingerprint density at radius 1 is 1.24 bits per heavy atom. The number of nitrogens with zero attached hydrogens (tertiary/aromatic N) is 3. The van der Waals surface area contributed by atoms with Gasteiger partial charge < -0.3 is 4.90 Å². The Kier molecular flexibility index (Phi) is 4.53. The van der Waals surface area contributed by atoms with Crippen LogP contribution >= 0.6 is 0 Å². The number of rotatable bonds is 2. The van der Waals surface area contributed by atoms with Gasteiger partial charge in [0, 0.05) is 13.1 Å². The number of carbonyl (C=O) groups excluding carboxylic acids is 1. The molecule has 1 aromatic heterocycles. The molecule has 1 aliphatic rings. The predicted molar refractivity (Wildman–Crippen MR) is 82.9 cm³/mol. The van der Waals surface area contributed by atoms with Crippen LogP contribution in [0.1, 0.15) is 28.9 Å². The quantitative estimate of drug-likeness (QED) is 0.770. The van der Waals surface area contributed by atoms with Crippen molar-refractivity contribution in [1.29, 1.82) is 0 Å². The molecule has 4 nitrogen and oxygen atoms in total. The van der Waals surface area contributed by atoms with E-state index in [1.165, 1.54) is 40.0 Å². The normalized spacial score (nSPS) is 18.4. The van der Waals surface area contributed by atoms with Crippen molar-refractivity contribution >= 4 is 5.91 Å². The standard InChI is InChI=1S/C17H17F4N3O/c1-11-15(9-22-24(11)14-6-4-13(18)5-7-14)16(25)23-8-2-3-12(10-23)17(19,20)21/h4-7,9,12H,2-3,8,10H2,1H3/t12-/m1/s1. The summed E-state index contributed by atoms with van der Waals surface area (Å²) >= 11 is 0. The van der Waals surface area contributed by atoms with E-state index in [9.17, 15) is 22.4 Å². The molecule has 0 bridgehead atoms. The predicted octanol–water partition coefficient (Wildman–Crippen LogP) is 3.73. The van der Waals surface area contributed by atoms with E-state index in [1.807, 2.05) is 0 Å². The fourth-order valence-electron chi connectivity index (χ4n) is 3.06. The van der Waals surface area contributed by atoms with Gasteiger partial charge in [-0.15, -0.1) is 0 Å². The van der Waals surface area contributed by atoms with Crippen LogP contribution in [0.2, 0.25) is 0 Å². The number of piperidine rings is 1. The molecule has 1 fully saturated rings. The molecule has 134 valence electrons. The van der Waals surface area contributed by atoms with Crippen molar-refractivity contribution < 1.29 is 22.4 Å². The van der Waals surface area contributed by atoms with E-state index in [-0.39, 0.29) is 18.5 Å². The maximum absolute atomic E-state index is 13.0. The average Bonchev–Trinajstić information content (AvgIpc) is 2.96. The molecule has 1 amide bonds. The maximum atomic E-state index is 13.0. The number of carbonyl (C=O) groups is 1. The molecule has 1 atom stereocenters. The van der Waals surface area contributed by atoms with Gasteiger partial charge in [0.05, 0.1) is 29.1 Å². The summed E-state index contributed by atoms with van der Waals surface area (Å²) in [5.41, 5.74) is 1.34. The fourth-order valence-corrected chi connectivity index (χ4v) is 3.06. The molecule has 0 aliphatic carbocycles. The van der Waals surface area contributed by atoms with E-state index in [1.54, 1.807) is 6.92 Å². The third-order valence-electron chi connectivity index (χ3n) is 4.48. The number of hydrogen-bond acceptors (Lipinski definition) is 2. The maximum Gasteiger partial charge on any atom is 0.393 e. The van der Waals surface area contributed by atoms with Gasteiger partial charge in [0.15, 0.2) is 0 Å². The summed E-state index contributed by atoms with van der Waals surface area (Å²) in [6.45, 7) is 1.63. The number of amides is 1. The lowest BCUT2D eigenvalue weighted by molar-refractivity contribution is -0.184. The topological polar surface area (TPSA) is 38.1 Å². The van der Waals surface area contributed by atoms with Crippen LogP contribution in [-0.4, -0.2) is 39.9 Å². The van der Waals surface area contributed by atoms with Gasteiger partial charge in [0.1, 0.15) is 5.82 Å². The highest BCUT2D eigenvalue weighted by Gasteiger charge is 2.43. The van der Waals surface area contributed by atoms with Gasteiger partial charge in [-0.25, -0.2) is 9.07 Å². The van der Waals surface area contributed by atoms with Crippen molar-refractivity contribution in [2.75, 3.05) is 13.1 Å². The van der Waals surface area contributed by atoms with Gasteiger partial charge in [-0.05, 0) is 44.0 Å². The zero-order valence-electron chi connectivity index (χ0n) is 13.6. The molecule has 2 heterocycles. The van der Waals surface area contributed by atoms with Crippen molar-refractivity contribution in [3.8, 4) is 5.69 Å². The number of benzene rings is 1. The Morgan fingerprint density at radius 3 is 2.56 bits per heavy atom. The van der Waals surface area contributed by atoms with Crippen molar-refractivity contribution in [2.45, 2.75) is 25.9 Å². The molecule has 1 aromatic carbocycles. The van der Waals surface area contributed by atoms with Crippen LogP contribution in [0, 0.1) is 18.7 Å². The van der Waals surface area contributed by atoms with Crippen LogP contribution in [0.15, 0.2) is 30.5 Å². The van der Waals surface area contributed by atoms with Gasteiger partial charge in [-0.2, -0.15) is 18.3 Å². The Bertz CT molecular complexity index is 767. The molecule has 1 aliphatic heterocycles. The van der Waals surface area contributed by atoms with E-state index in [4.69, 9.17) is 0 Å². The molecule has 3 rings (SSSR count). The van der Waals surface area contributed by atoms with E-state index in [2.05, 4.69) is 5.10 Å². The fraction of sp³-hybridized carbons (Fsp3) is 0.412. The third-order valence-corrected chi connectivity index (χ3v) is 4.48. The van der Waals surface area contributed by atoms with Crippen LogP contribution in [-0.2, 0) is 0 Å². The van der Waals surface area contributed by atoms with Crippen molar-refractivity contribution in [3.05, 3.63) is 47.5 Å². The molecule has 0 N–H and O–H groups in total. The van der Waals surface area contributed by atoms with E-state index < -0.39 is 23.8 Å². The molecule has 8 heteroatoms. The smallest absolute Gasteiger partial charge is 0.338 e. The summed E-state index contributed by atoms with van der Waals surface area (Å²) in [6, 6.07) is 5.58. The number of alkyl halides is 3. The second kappa shape index (κ2) is 6.50. The SMILES string of the molecule is Cc1c(C(=O)N2CCC[C@@H](C(F)(F)F)C2)cnn1-c1ccc(F)cc1. The van der Waals surface area contributed by atoms with Crippen molar-refractivity contribution in [3.63, 3.8) is 0 Å². The van der Waals surface area contributed by atoms with Gasteiger partial charge in [-0.3, -0.25) is 4.79 Å². The van der Waals surface area contributed by atoms with E-state index in [0.29, 0.717) is 24.3 Å². The lowest BCUT2D eigenvalue weighted by atomic mass is 9.97.